The van der Waals surface area contributed by atoms with Crippen LogP contribution in [-0.4, -0.2) is 41.1 Å². The summed E-state index contributed by atoms with van der Waals surface area (Å²) in [6, 6.07) is 4.89. The Morgan fingerprint density at radius 2 is 2.12 bits per heavy atom. The predicted molar refractivity (Wildman–Crippen MR) is 91.7 cm³/mol. The number of ether oxygens (including phenoxy) is 2. The topological polar surface area (TPSA) is 85.6 Å². The second-order valence-corrected chi connectivity index (χ2v) is 6.35. The number of carbonyl (C=O) groups excluding carboxylic acids is 1. The number of aliphatic hydroxyl groups is 1. The predicted octanol–water partition coefficient (Wildman–Crippen LogP) is 1.68. The van der Waals surface area contributed by atoms with Gasteiger partial charge in [0.1, 0.15) is 11.5 Å². The van der Waals surface area contributed by atoms with E-state index in [-0.39, 0.29) is 24.0 Å². The van der Waals surface area contributed by atoms with Gasteiger partial charge in [-0.25, -0.2) is 0 Å². The lowest BCUT2D eigenvalue weighted by Crippen LogP contribution is -2.41. The van der Waals surface area contributed by atoms with Crippen LogP contribution in [0.25, 0.3) is 0 Å². The Hall–Kier alpha value is -2.54. The zero-order valence-electron chi connectivity index (χ0n) is 14.6. The van der Waals surface area contributed by atoms with Gasteiger partial charge in [0.25, 0.3) is 5.91 Å². The fraction of sp³-hybridized carbons (Fsp3) is 0.444. The fourth-order valence-corrected chi connectivity index (χ4v) is 3.18. The van der Waals surface area contributed by atoms with E-state index in [9.17, 15) is 9.90 Å². The average molecular weight is 345 g/mol. The highest BCUT2D eigenvalue weighted by Gasteiger charge is 2.36. The molecule has 2 N–H and O–H groups in total. The molecule has 1 aliphatic rings. The second kappa shape index (κ2) is 7.14. The number of nitrogens with zero attached hydrogens (tertiary/aromatic N) is 2. The van der Waals surface area contributed by atoms with Gasteiger partial charge in [0, 0.05) is 24.9 Å². The molecule has 1 aliphatic carbocycles. The van der Waals surface area contributed by atoms with Crippen molar-refractivity contribution >= 4 is 5.91 Å². The molecule has 0 saturated heterocycles. The molecule has 2 aromatic rings. The summed E-state index contributed by atoms with van der Waals surface area (Å²) in [4.78, 5) is 12.8. The summed E-state index contributed by atoms with van der Waals surface area (Å²) >= 11 is 0. The van der Waals surface area contributed by atoms with E-state index in [0.717, 1.165) is 5.56 Å². The first kappa shape index (κ1) is 17.3. The Morgan fingerprint density at radius 1 is 1.36 bits per heavy atom. The summed E-state index contributed by atoms with van der Waals surface area (Å²) in [5.41, 5.74) is 1.37. The number of methoxy groups -OCH3 is 2. The van der Waals surface area contributed by atoms with E-state index >= 15 is 0 Å². The lowest BCUT2D eigenvalue weighted by molar-refractivity contribution is 0.0235. The lowest BCUT2D eigenvalue weighted by Gasteiger charge is -2.37. The zero-order chi connectivity index (χ0) is 18.0. The summed E-state index contributed by atoms with van der Waals surface area (Å²) in [5.74, 6) is 1.04. The molecule has 1 atom stereocenters. The highest BCUT2D eigenvalue weighted by molar-refractivity contribution is 5.97. The summed E-state index contributed by atoms with van der Waals surface area (Å²) in [6.07, 6.45) is 4.68. The molecule has 0 bridgehead atoms. The number of benzene rings is 1. The normalized spacial score (nSPS) is 20.5. The molecule has 0 aliphatic heterocycles. The summed E-state index contributed by atoms with van der Waals surface area (Å²) < 4.78 is 12.2. The molecule has 1 aromatic heterocycles. The molecule has 1 heterocycles. The number of hydrogen-bond donors (Lipinski definition) is 2. The molecular weight excluding hydrogens is 322 g/mol. The van der Waals surface area contributed by atoms with Crippen molar-refractivity contribution in [1.29, 1.82) is 0 Å². The first-order valence-corrected chi connectivity index (χ1v) is 8.21. The molecule has 1 amide bonds. The van der Waals surface area contributed by atoms with Crippen molar-refractivity contribution < 1.29 is 19.4 Å². The summed E-state index contributed by atoms with van der Waals surface area (Å²) in [6.45, 7) is 0. The first-order valence-electron chi connectivity index (χ1n) is 8.21. The highest BCUT2D eigenvalue weighted by Crippen LogP contribution is 2.38. The van der Waals surface area contributed by atoms with Crippen molar-refractivity contribution in [1.82, 2.24) is 15.1 Å². The zero-order valence-corrected chi connectivity index (χ0v) is 14.6. The van der Waals surface area contributed by atoms with Crippen LogP contribution < -0.4 is 14.8 Å². The molecule has 1 aromatic carbocycles. The Kier molecular flexibility index (Phi) is 4.94. The van der Waals surface area contributed by atoms with Gasteiger partial charge in [0.05, 0.1) is 38.1 Å². The lowest BCUT2D eigenvalue weighted by atomic mass is 9.75. The molecule has 0 spiro atoms. The highest BCUT2D eigenvalue weighted by atomic mass is 16.5. The van der Waals surface area contributed by atoms with E-state index < -0.39 is 0 Å². The SMILES string of the molecule is COc1ccc(C(=O)N[C@@H](c2cnn(C)c2)C2CC(O)C2)c(OC)c1. The minimum Gasteiger partial charge on any atom is -0.497 e. The maximum absolute atomic E-state index is 12.8. The summed E-state index contributed by atoms with van der Waals surface area (Å²) in [5, 5.41) is 16.9. The number of aromatic nitrogens is 2. The van der Waals surface area contributed by atoms with Gasteiger partial charge in [0.2, 0.25) is 0 Å². The van der Waals surface area contributed by atoms with Crippen molar-refractivity contribution in [2.75, 3.05) is 14.2 Å². The maximum atomic E-state index is 12.8. The van der Waals surface area contributed by atoms with Gasteiger partial charge >= 0.3 is 0 Å². The Morgan fingerprint density at radius 3 is 2.68 bits per heavy atom. The third-order valence-corrected chi connectivity index (χ3v) is 4.64. The number of carbonyl (C=O) groups is 1. The van der Waals surface area contributed by atoms with Crippen LogP contribution >= 0.6 is 0 Å². The van der Waals surface area contributed by atoms with Gasteiger partial charge < -0.3 is 19.9 Å². The Labute approximate surface area is 146 Å². The van der Waals surface area contributed by atoms with E-state index in [1.807, 2.05) is 13.2 Å². The van der Waals surface area contributed by atoms with Crippen molar-refractivity contribution in [3.63, 3.8) is 0 Å². The minimum atomic E-state index is -0.295. The van der Waals surface area contributed by atoms with Crippen LogP contribution in [0.4, 0.5) is 0 Å². The van der Waals surface area contributed by atoms with E-state index in [1.54, 1.807) is 36.2 Å². The summed E-state index contributed by atoms with van der Waals surface area (Å²) in [7, 11) is 4.92. The van der Waals surface area contributed by atoms with Crippen LogP contribution in [0.1, 0.15) is 34.8 Å². The quantitative estimate of drug-likeness (QED) is 0.832. The van der Waals surface area contributed by atoms with E-state index in [1.165, 1.54) is 7.11 Å². The van der Waals surface area contributed by atoms with Crippen LogP contribution in [0.2, 0.25) is 0 Å². The van der Waals surface area contributed by atoms with E-state index in [0.29, 0.717) is 29.9 Å². The van der Waals surface area contributed by atoms with Crippen molar-refractivity contribution in [3.8, 4) is 11.5 Å². The number of aliphatic hydroxyl groups excluding tert-OH is 1. The van der Waals surface area contributed by atoms with Crippen LogP contribution in [0, 0.1) is 5.92 Å². The Balaban J connectivity index is 1.83. The monoisotopic (exact) mass is 345 g/mol. The standard InChI is InChI=1S/C18H23N3O4/c1-21-10-12(9-19-21)17(11-6-13(22)7-11)20-18(23)15-5-4-14(24-2)8-16(15)25-3/h4-5,8-11,13,17,22H,6-7H2,1-3H3,(H,20,23)/t11?,13?,17-/m1/s1. The molecule has 0 radical (unpaired) electrons. The first-order chi connectivity index (χ1) is 12.0. The van der Waals surface area contributed by atoms with Gasteiger partial charge in [-0.15, -0.1) is 0 Å². The number of rotatable bonds is 6. The maximum Gasteiger partial charge on any atom is 0.255 e. The van der Waals surface area contributed by atoms with Crippen LogP contribution in [0.5, 0.6) is 11.5 Å². The molecule has 1 saturated carbocycles. The molecule has 134 valence electrons. The molecule has 0 unspecified atom stereocenters. The van der Waals surface area contributed by atoms with Crippen molar-refractivity contribution in [2.45, 2.75) is 25.0 Å². The molecule has 25 heavy (non-hydrogen) atoms. The van der Waals surface area contributed by atoms with Crippen LogP contribution in [0.3, 0.4) is 0 Å². The Bertz CT molecular complexity index is 753. The molecule has 1 fully saturated rings. The number of nitrogens with one attached hydrogen (secondary N) is 1. The number of hydrogen-bond acceptors (Lipinski definition) is 5. The average Bonchev–Trinajstić information content (AvgIpc) is 3.02. The van der Waals surface area contributed by atoms with E-state index in [2.05, 4.69) is 10.4 Å². The third kappa shape index (κ3) is 3.61. The molecular formula is C18H23N3O4. The van der Waals surface area contributed by atoms with Gasteiger partial charge in [-0.1, -0.05) is 0 Å². The van der Waals surface area contributed by atoms with E-state index in [4.69, 9.17) is 9.47 Å². The largest absolute Gasteiger partial charge is 0.497 e. The van der Waals surface area contributed by atoms with Crippen LogP contribution in [0.15, 0.2) is 30.6 Å². The second-order valence-electron chi connectivity index (χ2n) is 6.35. The van der Waals surface area contributed by atoms with Gasteiger partial charge in [0.15, 0.2) is 0 Å². The number of aryl methyl sites for hydroxylation is 1. The molecule has 7 nitrogen and oxygen atoms in total. The van der Waals surface area contributed by atoms with Crippen molar-refractivity contribution in [2.24, 2.45) is 13.0 Å². The van der Waals surface area contributed by atoms with Crippen molar-refractivity contribution in [3.05, 3.63) is 41.7 Å². The molecule has 7 heteroatoms. The van der Waals surface area contributed by atoms with Gasteiger partial charge in [-0.2, -0.15) is 5.10 Å². The van der Waals surface area contributed by atoms with Gasteiger partial charge in [-0.3, -0.25) is 9.48 Å². The van der Waals surface area contributed by atoms with Gasteiger partial charge in [-0.05, 0) is 30.9 Å². The molecule has 3 rings (SSSR count). The number of amides is 1. The van der Waals surface area contributed by atoms with Crippen LogP contribution in [-0.2, 0) is 7.05 Å². The third-order valence-electron chi connectivity index (χ3n) is 4.64. The smallest absolute Gasteiger partial charge is 0.255 e. The fourth-order valence-electron chi connectivity index (χ4n) is 3.18. The minimum absolute atomic E-state index is 0.187.